The van der Waals surface area contributed by atoms with Gasteiger partial charge >= 0.3 is 7.25 Å². The predicted molar refractivity (Wildman–Crippen MR) is 45.9 cm³/mol. The van der Waals surface area contributed by atoms with E-state index in [1.54, 1.807) is 31.3 Å². The number of rotatable bonds is 2. The van der Waals surface area contributed by atoms with E-state index in [1.165, 1.54) is 0 Å². The molecule has 0 saturated heterocycles. The zero-order chi connectivity index (χ0) is 11.9. The van der Waals surface area contributed by atoms with Gasteiger partial charge in [0.25, 0.3) is 0 Å². The standard InChI is InChI=1S/C7H10NO2.BF4/c1-9-7-3-5-8(10-2)6-4-7;2-1(3,4)5/h3-6H,1-2H3;/q+1;-1. The zero-order valence-corrected chi connectivity index (χ0v) is 8.16. The number of aromatic nitrogens is 1. The Morgan fingerprint density at radius 2 is 1.47 bits per heavy atom. The molecule has 0 fully saturated rings. The van der Waals surface area contributed by atoms with E-state index in [0.29, 0.717) is 0 Å². The predicted octanol–water partition coefficient (Wildman–Crippen LogP) is 1.34. The molecular weight excluding hydrogens is 217 g/mol. The Kier molecular flexibility index (Phi) is 5.50. The first kappa shape index (κ1) is 13.5. The highest BCUT2D eigenvalue weighted by Gasteiger charge is 2.20. The van der Waals surface area contributed by atoms with Crippen LogP contribution in [0.5, 0.6) is 5.75 Å². The summed E-state index contributed by atoms with van der Waals surface area (Å²) in [6, 6.07) is 3.65. The van der Waals surface area contributed by atoms with Crippen LogP contribution in [-0.4, -0.2) is 21.5 Å². The molecule has 15 heavy (non-hydrogen) atoms. The summed E-state index contributed by atoms with van der Waals surface area (Å²) in [5.41, 5.74) is 0. The van der Waals surface area contributed by atoms with Crippen LogP contribution in [-0.2, 0) is 0 Å². The van der Waals surface area contributed by atoms with Crippen molar-refractivity contribution in [1.29, 1.82) is 0 Å². The maximum absolute atomic E-state index is 9.75. The topological polar surface area (TPSA) is 22.3 Å². The number of ether oxygens (including phenoxy) is 1. The van der Waals surface area contributed by atoms with E-state index >= 15 is 0 Å². The first-order valence-electron chi connectivity index (χ1n) is 3.84. The normalized spacial score (nSPS) is 10.0. The molecule has 1 aromatic rings. The lowest BCUT2D eigenvalue weighted by atomic mass is 10.3. The van der Waals surface area contributed by atoms with Crippen molar-refractivity contribution in [3.63, 3.8) is 0 Å². The van der Waals surface area contributed by atoms with E-state index in [2.05, 4.69) is 0 Å². The molecule has 0 aliphatic carbocycles. The van der Waals surface area contributed by atoms with Crippen molar-refractivity contribution >= 4 is 7.25 Å². The summed E-state index contributed by atoms with van der Waals surface area (Å²) < 4.78 is 45.5. The highest BCUT2D eigenvalue weighted by Crippen LogP contribution is 2.06. The summed E-state index contributed by atoms with van der Waals surface area (Å²) in [5.74, 6) is 0.827. The van der Waals surface area contributed by atoms with Crippen LogP contribution in [0.2, 0.25) is 0 Å². The van der Waals surface area contributed by atoms with Crippen molar-refractivity contribution in [3.8, 4) is 5.75 Å². The third-order valence-corrected chi connectivity index (χ3v) is 1.22. The molecule has 0 radical (unpaired) electrons. The van der Waals surface area contributed by atoms with Gasteiger partial charge in [0.1, 0.15) is 12.9 Å². The molecule has 0 aliphatic rings. The van der Waals surface area contributed by atoms with Gasteiger partial charge in [-0.05, 0) is 0 Å². The van der Waals surface area contributed by atoms with Gasteiger partial charge in [0.15, 0.2) is 0 Å². The number of pyridine rings is 1. The third-order valence-electron chi connectivity index (χ3n) is 1.22. The van der Waals surface area contributed by atoms with Crippen molar-refractivity contribution in [2.45, 2.75) is 0 Å². The second-order valence-corrected chi connectivity index (χ2v) is 2.28. The fourth-order valence-corrected chi connectivity index (χ4v) is 0.657. The molecule has 0 amide bonds. The zero-order valence-electron chi connectivity index (χ0n) is 8.16. The molecule has 3 nitrogen and oxygen atoms in total. The van der Waals surface area contributed by atoms with Crippen LogP contribution >= 0.6 is 0 Å². The van der Waals surface area contributed by atoms with Crippen molar-refractivity contribution in [2.24, 2.45) is 0 Å². The second-order valence-electron chi connectivity index (χ2n) is 2.28. The fourth-order valence-electron chi connectivity index (χ4n) is 0.657. The van der Waals surface area contributed by atoms with Crippen molar-refractivity contribution in [1.82, 2.24) is 0 Å². The monoisotopic (exact) mass is 227 g/mol. The molecule has 1 rings (SSSR count). The molecule has 1 heterocycles. The van der Waals surface area contributed by atoms with Gasteiger partial charge in [0.05, 0.1) is 7.11 Å². The van der Waals surface area contributed by atoms with E-state index in [0.717, 1.165) is 5.75 Å². The average Bonchev–Trinajstić information content (AvgIpc) is 2.15. The minimum absolute atomic E-state index is 0.827. The molecule has 0 aromatic carbocycles. The third kappa shape index (κ3) is 8.85. The molecule has 0 N–H and O–H groups in total. The molecule has 0 bridgehead atoms. The maximum Gasteiger partial charge on any atom is 0.673 e. The maximum atomic E-state index is 9.75. The lowest BCUT2D eigenvalue weighted by Crippen LogP contribution is -2.39. The van der Waals surface area contributed by atoms with Gasteiger partial charge in [0.2, 0.25) is 12.4 Å². The minimum Gasteiger partial charge on any atom is -0.496 e. The first-order chi connectivity index (χ1) is 6.86. The Morgan fingerprint density at radius 3 is 1.73 bits per heavy atom. The summed E-state index contributed by atoms with van der Waals surface area (Å²) in [6.45, 7) is 0. The highest BCUT2D eigenvalue weighted by atomic mass is 19.5. The Labute approximate surface area is 84.3 Å². The fraction of sp³-hybridized carbons (Fsp3) is 0.286. The summed E-state index contributed by atoms with van der Waals surface area (Å²) in [7, 11) is -2.76. The lowest BCUT2D eigenvalue weighted by Gasteiger charge is -1.94. The van der Waals surface area contributed by atoms with E-state index in [1.807, 2.05) is 12.1 Å². The minimum atomic E-state index is -6.00. The number of nitrogens with zero attached hydrogens (tertiary/aromatic N) is 1. The van der Waals surface area contributed by atoms with Crippen LogP contribution in [0.15, 0.2) is 24.5 Å². The Morgan fingerprint density at radius 1 is 1.07 bits per heavy atom. The number of hydrogen-bond donors (Lipinski definition) is 0. The molecular formula is C7H10BF4NO2. The summed E-state index contributed by atoms with van der Waals surface area (Å²) in [6.07, 6.45) is 3.55. The summed E-state index contributed by atoms with van der Waals surface area (Å²) >= 11 is 0. The van der Waals surface area contributed by atoms with Gasteiger partial charge in [-0.15, -0.1) is 0 Å². The lowest BCUT2D eigenvalue weighted by molar-refractivity contribution is -0.885. The number of methoxy groups -OCH3 is 1. The highest BCUT2D eigenvalue weighted by molar-refractivity contribution is 6.50. The molecule has 0 unspecified atom stereocenters. The van der Waals surface area contributed by atoms with E-state index in [4.69, 9.17) is 9.57 Å². The quantitative estimate of drug-likeness (QED) is 0.432. The van der Waals surface area contributed by atoms with Gasteiger partial charge in [-0.2, -0.15) is 0 Å². The number of halogens is 4. The molecule has 0 aliphatic heterocycles. The summed E-state index contributed by atoms with van der Waals surface area (Å²) in [4.78, 5) is 4.87. The van der Waals surface area contributed by atoms with Crippen molar-refractivity contribution in [2.75, 3.05) is 14.2 Å². The Bertz CT molecular complexity index is 248. The first-order valence-corrected chi connectivity index (χ1v) is 3.84. The molecule has 0 atom stereocenters. The Hall–Kier alpha value is -1.47. The Balaban J connectivity index is 0.000000336. The largest absolute Gasteiger partial charge is 0.673 e. The van der Waals surface area contributed by atoms with Gasteiger partial charge in [-0.1, -0.05) is 0 Å². The van der Waals surface area contributed by atoms with Crippen molar-refractivity contribution < 1.29 is 31.6 Å². The van der Waals surface area contributed by atoms with E-state index in [-0.39, 0.29) is 0 Å². The van der Waals surface area contributed by atoms with Gasteiger partial charge in [0, 0.05) is 16.9 Å². The van der Waals surface area contributed by atoms with Crippen LogP contribution in [0, 0.1) is 0 Å². The second kappa shape index (κ2) is 6.10. The van der Waals surface area contributed by atoms with E-state index < -0.39 is 7.25 Å². The average molecular weight is 227 g/mol. The summed E-state index contributed by atoms with van der Waals surface area (Å²) in [5, 5.41) is 0. The number of hydrogen-bond acceptors (Lipinski definition) is 2. The SMILES string of the molecule is COc1cc[n+](OC)cc1.F[B-](F)(F)F. The molecule has 0 spiro atoms. The molecule has 86 valence electrons. The van der Waals surface area contributed by atoms with Crippen LogP contribution in [0.4, 0.5) is 17.3 Å². The molecule has 8 heteroatoms. The van der Waals surface area contributed by atoms with E-state index in [9.17, 15) is 17.3 Å². The molecule has 1 aromatic heterocycles. The van der Waals surface area contributed by atoms with Crippen LogP contribution in [0.3, 0.4) is 0 Å². The van der Waals surface area contributed by atoms with Crippen LogP contribution in [0.1, 0.15) is 0 Å². The van der Waals surface area contributed by atoms with Crippen LogP contribution < -0.4 is 14.3 Å². The van der Waals surface area contributed by atoms with Gasteiger partial charge in [-0.3, -0.25) is 4.84 Å². The smallest absolute Gasteiger partial charge is 0.496 e. The van der Waals surface area contributed by atoms with Gasteiger partial charge < -0.3 is 22.0 Å². The van der Waals surface area contributed by atoms with Crippen LogP contribution in [0.25, 0.3) is 0 Å². The van der Waals surface area contributed by atoms with Crippen molar-refractivity contribution in [3.05, 3.63) is 24.5 Å². The molecule has 0 saturated carbocycles. The van der Waals surface area contributed by atoms with Gasteiger partial charge in [-0.25, -0.2) is 0 Å².